The largest absolute Gasteiger partial charge is 0.349 e. The summed E-state index contributed by atoms with van der Waals surface area (Å²) in [5.41, 5.74) is 2.07. The monoisotopic (exact) mass is 361 g/mol. The highest BCUT2D eigenvalue weighted by atomic mass is 35.5. The number of amides is 1. The number of carbonyl (C=O) groups excluding carboxylic acids is 1. The number of hydrogen-bond acceptors (Lipinski definition) is 3. The number of halogens is 1. The van der Waals surface area contributed by atoms with Crippen molar-refractivity contribution >= 4 is 39.1 Å². The molecule has 0 fully saturated rings. The van der Waals surface area contributed by atoms with E-state index in [1.165, 1.54) is 11.3 Å². The van der Waals surface area contributed by atoms with Crippen molar-refractivity contribution in [3.63, 3.8) is 0 Å². The minimum absolute atomic E-state index is 0.0111. The Hall–Kier alpha value is -1.85. The third-order valence-corrected chi connectivity index (χ3v) is 5.47. The first-order valence-electron chi connectivity index (χ1n) is 8.00. The van der Waals surface area contributed by atoms with E-state index >= 15 is 0 Å². The number of nitrogens with zero attached hydrogens (tertiary/aromatic N) is 2. The van der Waals surface area contributed by atoms with Gasteiger partial charge in [-0.3, -0.25) is 9.48 Å². The van der Waals surface area contributed by atoms with Crippen LogP contribution in [0.1, 0.15) is 41.2 Å². The van der Waals surface area contributed by atoms with Gasteiger partial charge in [0, 0.05) is 16.5 Å². The van der Waals surface area contributed by atoms with Crippen LogP contribution >= 0.6 is 22.9 Å². The molecule has 0 aliphatic heterocycles. The maximum absolute atomic E-state index is 12.4. The number of carbonyl (C=O) groups is 1. The molecule has 6 heteroatoms. The SMILES string of the molecule is CCC(C)NC(=O)c1cc2c(C)nn(Cc3ccc(Cl)cc3)c2s1. The van der Waals surface area contributed by atoms with Gasteiger partial charge in [0.2, 0.25) is 0 Å². The van der Waals surface area contributed by atoms with E-state index in [-0.39, 0.29) is 11.9 Å². The van der Waals surface area contributed by atoms with E-state index in [1.54, 1.807) is 0 Å². The van der Waals surface area contributed by atoms with Crippen LogP contribution < -0.4 is 5.32 Å². The maximum atomic E-state index is 12.4. The van der Waals surface area contributed by atoms with E-state index in [1.807, 2.05) is 48.9 Å². The highest BCUT2D eigenvalue weighted by Gasteiger charge is 2.17. The summed E-state index contributed by atoms with van der Waals surface area (Å²) in [6, 6.07) is 9.87. The highest BCUT2D eigenvalue weighted by molar-refractivity contribution is 7.20. The Labute approximate surface area is 150 Å². The van der Waals surface area contributed by atoms with Crippen LogP contribution in [-0.2, 0) is 6.54 Å². The zero-order valence-corrected chi connectivity index (χ0v) is 15.5. The fourth-order valence-corrected chi connectivity index (χ4v) is 3.68. The summed E-state index contributed by atoms with van der Waals surface area (Å²) in [5, 5.41) is 9.39. The molecule has 126 valence electrons. The molecule has 0 bridgehead atoms. The van der Waals surface area contributed by atoms with Gasteiger partial charge in [-0.25, -0.2) is 0 Å². The first kappa shape index (κ1) is 17.0. The Morgan fingerprint density at radius 3 is 2.75 bits per heavy atom. The van der Waals surface area contributed by atoms with Gasteiger partial charge in [-0.2, -0.15) is 5.10 Å². The van der Waals surface area contributed by atoms with Gasteiger partial charge in [0.25, 0.3) is 5.91 Å². The zero-order chi connectivity index (χ0) is 17.3. The van der Waals surface area contributed by atoms with Crippen molar-refractivity contribution in [3.8, 4) is 0 Å². The molecule has 2 aromatic heterocycles. The predicted molar refractivity (Wildman–Crippen MR) is 100 cm³/mol. The van der Waals surface area contributed by atoms with Crippen molar-refractivity contribution in [1.82, 2.24) is 15.1 Å². The first-order chi connectivity index (χ1) is 11.5. The van der Waals surface area contributed by atoms with E-state index in [2.05, 4.69) is 17.3 Å². The molecular weight excluding hydrogens is 342 g/mol. The van der Waals surface area contributed by atoms with Crippen LogP contribution in [0.3, 0.4) is 0 Å². The lowest BCUT2D eigenvalue weighted by molar-refractivity contribution is 0.0943. The molecule has 1 N–H and O–H groups in total. The molecule has 1 amide bonds. The van der Waals surface area contributed by atoms with Crippen molar-refractivity contribution in [1.29, 1.82) is 0 Å². The van der Waals surface area contributed by atoms with Crippen molar-refractivity contribution < 1.29 is 4.79 Å². The zero-order valence-electron chi connectivity index (χ0n) is 14.0. The smallest absolute Gasteiger partial charge is 0.261 e. The lowest BCUT2D eigenvalue weighted by Gasteiger charge is -2.09. The number of hydrogen-bond donors (Lipinski definition) is 1. The highest BCUT2D eigenvalue weighted by Crippen LogP contribution is 2.29. The molecule has 2 heterocycles. The number of benzene rings is 1. The van der Waals surface area contributed by atoms with Gasteiger partial charge in [0.15, 0.2) is 0 Å². The van der Waals surface area contributed by atoms with Gasteiger partial charge in [-0.1, -0.05) is 30.7 Å². The molecule has 1 unspecified atom stereocenters. The van der Waals surface area contributed by atoms with Gasteiger partial charge in [0.1, 0.15) is 4.83 Å². The van der Waals surface area contributed by atoms with E-state index in [4.69, 9.17) is 11.6 Å². The molecule has 0 aliphatic rings. The van der Waals surface area contributed by atoms with Gasteiger partial charge in [-0.15, -0.1) is 11.3 Å². The van der Waals surface area contributed by atoms with Crippen LogP contribution in [0.4, 0.5) is 0 Å². The van der Waals surface area contributed by atoms with Crippen LogP contribution in [0.2, 0.25) is 5.02 Å². The van der Waals surface area contributed by atoms with E-state index < -0.39 is 0 Å². The summed E-state index contributed by atoms with van der Waals surface area (Å²) in [4.78, 5) is 14.1. The molecule has 3 aromatic rings. The number of thiophene rings is 1. The van der Waals surface area contributed by atoms with Crippen molar-refractivity contribution in [2.24, 2.45) is 0 Å². The van der Waals surface area contributed by atoms with E-state index in [0.29, 0.717) is 6.54 Å². The number of aromatic nitrogens is 2. The van der Waals surface area contributed by atoms with Crippen molar-refractivity contribution in [2.75, 3.05) is 0 Å². The number of aryl methyl sites for hydroxylation is 1. The van der Waals surface area contributed by atoms with Crippen LogP contribution in [0.5, 0.6) is 0 Å². The lowest BCUT2D eigenvalue weighted by Crippen LogP contribution is -2.31. The standard InChI is InChI=1S/C18H20ClN3OS/c1-4-11(2)20-17(23)16-9-15-12(3)21-22(18(15)24-16)10-13-5-7-14(19)8-6-13/h5-9,11H,4,10H2,1-3H3,(H,20,23). The van der Waals surface area contributed by atoms with Gasteiger partial charge in [0.05, 0.1) is 17.1 Å². The Bertz CT molecular complexity index is 866. The summed E-state index contributed by atoms with van der Waals surface area (Å²) < 4.78 is 1.96. The molecule has 3 rings (SSSR count). The average molecular weight is 362 g/mol. The second-order valence-corrected chi connectivity index (χ2v) is 7.45. The molecule has 4 nitrogen and oxygen atoms in total. The van der Waals surface area contributed by atoms with E-state index in [9.17, 15) is 4.79 Å². The molecule has 0 aliphatic carbocycles. The Morgan fingerprint density at radius 1 is 1.38 bits per heavy atom. The quantitative estimate of drug-likeness (QED) is 0.719. The van der Waals surface area contributed by atoms with Crippen molar-refractivity contribution in [3.05, 3.63) is 51.5 Å². The Balaban J connectivity index is 1.89. The van der Waals surface area contributed by atoms with Crippen LogP contribution in [0.25, 0.3) is 10.2 Å². The summed E-state index contributed by atoms with van der Waals surface area (Å²) >= 11 is 7.43. The second-order valence-electron chi connectivity index (χ2n) is 5.98. The third kappa shape index (κ3) is 3.47. The fourth-order valence-electron chi connectivity index (χ4n) is 2.49. The van der Waals surface area contributed by atoms with Gasteiger partial charge < -0.3 is 5.32 Å². The Kier molecular flexibility index (Phi) is 4.92. The molecule has 1 atom stereocenters. The summed E-state index contributed by atoms with van der Waals surface area (Å²) in [5.74, 6) is -0.0111. The number of fused-ring (bicyclic) bond motifs is 1. The van der Waals surface area contributed by atoms with Crippen LogP contribution in [0.15, 0.2) is 30.3 Å². The van der Waals surface area contributed by atoms with Crippen LogP contribution in [-0.4, -0.2) is 21.7 Å². The average Bonchev–Trinajstić information content (AvgIpc) is 3.11. The van der Waals surface area contributed by atoms with Crippen molar-refractivity contribution in [2.45, 2.75) is 39.8 Å². The summed E-state index contributed by atoms with van der Waals surface area (Å²) in [6.07, 6.45) is 0.917. The Morgan fingerprint density at radius 2 is 2.08 bits per heavy atom. The molecular formula is C18H20ClN3OS. The summed E-state index contributed by atoms with van der Waals surface area (Å²) in [7, 11) is 0. The topological polar surface area (TPSA) is 46.9 Å². The minimum Gasteiger partial charge on any atom is -0.349 e. The molecule has 0 saturated heterocycles. The molecule has 0 radical (unpaired) electrons. The molecule has 24 heavy (non-hydrogen) atoms. The predicted octanol–water partition coefficient (Wildman–Crippen LogP) is 4.64. The summed E-state index contributed by atoms with van der Waals surface area (Å²) in [6.45, 7) is 6.71. The lowest BCUT2D eigenvalue weighted by atomic mass is 10.2. The number of nitrogens with one attached hydrogen (secondary N) is 1. The fraction of sp³-hybridized carbons (Fsp3) is 0.333. The second kappa shape index (κ2) is 6.95. The first-order valence-corrected chi connectivity index (χ1v) is 9.19. The van der Waals surface area contributed by atoms with Gasteiger partial charge in [-0.05, 0) is 44.0 Å². The normalized spacial score (nSPS) is 12.5. The van der Waals surface area contributed by atoms with Gasteiger partial charge >= 0.3 is 0 Å². The van der Waals surface area contributed by atoms with E-state index in [0.717, 1.165) is 37.8 Å². The molecule has 0 spiro atoms. The molecule has 0 saturated carbocycles. The minimum atomic E-state index is -0.0111. The molecule has 1 aromatic carbocycles. The number of rotatable bonds is 5. The maximum Gasteiger partial charge on any atom is 0.261 e. The third-order valence-electron chi connectivity index (χ3n) is 4.07. The van der Waals surface area contributed by atoms with Crippen LogP contribution in [0, 0.1) is 6.92 Å².